The molecule has 0 spiro atoms. The molecular formula is C32H40N2O7S4. The molecule has 4 aromatic rings. The van der Waals surface area contributed by atoms with Crippen LogP contribution in [0.15, 0.2) is 45.8 Å². The molecule has 0 atom stereocenters. The summed E-state index contributed by atoms with van der Waals surface area (Å²) < 4.78 is 42.6. The molecule has 13 heteroatoms. The van der Waals surface area contributed by atoms with Gasteiger partial charge in [0, 0.05) is 39.3 Å². The fourth-order valence-electron chi connectivity index (χ4n) is 5.07. The summed E-state index contributed by atoms with van der Waals surface area (Å²) in [5, 5.41) is 8.37. The van der Waals surface area contributed by atoms with Crippen molar-refractivity contribution < 1.29 is 33.2 Å². The predicted octanol–water partition coefficient (Wildman–Crippen LogP) is 6.23. The largest absolute Gasteiger partial charge is 0.490 e. The molecule has 0 saturated heterocycles. The first-order valence-corrected chi connectivity index (χ1v) is 18.8. The number of nitrogens with zero attached hydrogens (tertiary/aromatic N) is 2. The lowest BCUT2D eigenvalue weighted by atomic mass is 10.3. The van der Waals surface area contributed by atoms with Gasteiger partial charge in [0.2, 0.25) is 0 Å². The van der Waals surface area contributed by atoms with E-state index in [4.69, 9.17) is 33.2 Å². The summed E-state index contributed by atoms with van der Waals surface area (Å²) in [5.41, 5.74) is 0. The number of hydrogen-bond donors (Lipinski definition) is 0. The molecule has 9 nitrogen and oxygen atoms in total. The summed E-state index contributed by atoms with van der Waals surface area (Å²) in [6, 6.07) is 8.20. The zero-order chi connectivity index (χ0) is 30.5. The van der Waals surface area contributed by atoms with Crippen molar-refractivity contribution in [2.75, 3.05) is 79.2 Å². The van der Waals surface area contributed by atoms with E-state index in [2.05, 4.69) is 55.6 Å². The van der Waals surface area contributed by atoms with Crippen LogP contribution in [-0.4, -0.2) is 89.0 Å². The van der Waals surface area contributed by atoms with E-state index in [0.717, 1.165) is 62.3 Å². The van der Waals surface area contributed by atoms with Gasteiger partial charge in [-0.05, 0) is 45.8 Å². The maximum Gasteiger partial charge on any atom is 0.134 e. The molecule has 6 heterocycles. The minimum absolute atomic E-state index is 0.491. The van der Waals surface area contributed by atoms with E-state index in [-0.39, 0.29) is 0 Å². The summed E-state index contributed by atoms with van der Waals surface area (Å²) in [7, 11) is 0. The number of thiophene rings is 4. The second kappa shape index (κ2) is 17.6. The second-order valence-corrected chi connectivity index (χ2v) is 14.5. The van der Waals surface area contributed by atoms with Crippen LogP contribution < -0.4 is 18.9 Å². The van der Waals surface area contributed by atoms with Gasteiger partial charge in [0.15, 0.2) is 0 Å². The molecule has 2 bridgehead atoms. The van der Waals surface area contributed by atoms with Gasteiger partial charge < -0.3 is 33.2 Å². The quantitative estimate of drug-likeness (QED) is 0.200. The van der Waals surface area contributed by atoms with Crippen LogP contribution in [0.5, 0.6) is 23.0 Å². The summed E-state index contributed by atoms with van der Waals surface area (Å²) in [6.45, 7) is 9.86. The van der Waals surface area contributed by atoms with Crippen molar-refractivity contribution in [2.24, 2.45) is 0 Å². The van der Waals surface area contributed by atoms with Gasteiger partial charge in [-0.1, -0.05) is 0 Å². The van der Waals surface area contributed by atoms with Gasteiger partial charge in [-0.3, -0.25) is 9.80 Å². The van der Waals surface area contributed by atoms with Gasteiger partial charge in [0.25, 0.3) is 0 Å². The van der Waals surface area contributed by atoms with Crippen molar-refractivity contribution in [1.29, 1.82) is 0 Å². The Labute approximate surface area is 280 Å². The van der Waals surface area contributed by atoms with Crippen LogP contribution in [0.2, 0.25) is 0 Å². The lowest BCUT2D eigenvalue weighted by Gasteiger charge is -2.24. The minimum Gasteiger partial charge on any atom is -0.490 e. The molecule has 2 aliphatic rings. The van der Waals surface area contributed by atoms with E-state index in [1.165, 1.54) is 19.5 Å². The molecule has 4 aromatic heterocycles. The summed E-state index contributed by atoms with van der Waals surface area (Å²) in [5.74, 6) is 3.66. The van der Waals surface area contributed by atoms with Crippen molar-refractivity contribution in [3.8, 4) is 23.0 Å². The third-order valence-electron chi connectivity index (χ3n) is 7.33. The van der Waals surface area contributed by atoms with E-state index in [1.54, 1.807) is 45.3 Å². The first-order valence-electron chi connectivity index (χ1n) is 15.3. The zero-order valence-electron chi connectivity index (χ0n) is 25.3. The van der Waals surface area contributed by atoms with Crippen molar-refractivity contribution in [3.05, 3.63) is 65.3 Å². The summed E-state index contributed by atoms with van der Waals surface area (Å²) in [4.78, 5) is 9.62. The van der Waals surface area contributed by atoms with Gasteiger partial charge in [-0.2, -0.15) is 0 Å². The average Bonchev–Trinajstić information content (AvgIpc) is 3.85. The maximum atomic E-state index is 6.31. The molecule has 45 heavy (non-hydrogen) atoms. The SMILES string of the molecule is c1cc2c(s1)CN1CCOCCN(Cc3sccc3OCCOCCO2)Cc2sccc2OCCOCCOc2ccsc2C1. The molecule has 0 fully saturated rings. The van der Waals surface area contributed by atoms with Gasteiger partial charge in [-0.15, -0.1) is 45.3 Å². The Bertz CT molecular complexity index is 1220. The van der Waals surface area contributed by atoms with Crippen LogP contribution in [0, 0.1) is 0 Å². The minimum atomic E-state index is 0.491. The Morgan fingerprint density at radius 2 is 0.667 bits per heavy atom. The average molecular weight is 693 g/mol. The standard InChI is InChI=1S/C32H40N2O7S4/c1-17-42-29-21-33-5-7-35-8-6-34(23-31-27(3-19-44-31)39-14-10-36-9-13-38-25(1)29)24-32-28(4-20-45-32)41-16-12-37-11-15-40-26-2-18-43-30(26)22-33/h1-4,17-20H,5-16,21-24H2. The highest BCUT2D eigenvalue weighted by Crippen LogP contribution is 2.32. The van der Waals surface area contributed by atoms with E-state index < -0.39 is 0 Å². The van der Waals surface area contributed by atoms with Gasteiger partial charge in [0.1, 0.15) is 49.4 Å². The predicted molar refractivity (Wildman–Crippen MR) is 180 cm³/mol. The maximum absolute atomic E-state index is 6.31. The summed E-state index contributed by atoms with van der Waals surface area (Å²) in [6.07, 6.45) is 0. The molecule has 0 radical (unpaired) electrons. The van der Waals surface area contributed by atoms with Crippen molar-refractivity contribution in [3.63, 3.8) is 0 Å². The second-order valence-electron chi connectivity index (χ2n) is 10.5. The highest BCUT2D eigenvalue weighted by Gasteiger charge is 2.19. The molecular weight excluding hydrogens is 653 g/mol. The Balaban J connectivity index is 1.23. The number of ether oxygens (including phenoxy) is 7. The highest BCUT2D eigenvalue weighted by atomic mass is 32.1. The van der Waals surface area contributed by atoms with E-state index >= 15 is 0 Å². The third kappa shape index (κ3) is 9.90. The van der Waals surface area contributed by atoms with Gasteiger partial charge in [0.05, 0.1) is 59.1 Å². The van der Waals surface area contributed by atoms with E-state index in [0.29, 0.717) is 66.1 Å². The molecule has 244 valence electrons. The Morgan fingerprint density at radius 3 is 0.978 bits per heavy atom. The molecule has 0 amide bonds. The first-order chi connectivity index (χ1) is 22.3. The highest BCUT2D eigenvalue weighted by molar-refractivity contribution is 7.11. The van der Waals surface area contributed by atoms with Crippen LogP contribution in [0.25, 0.3) is 0 Å². The lowest BCUT2D eigenvalue weighted by Crippen LogP contribution is -2.30. The number of fused-ring (bicyclic) bond motifs is 10. The molecule has 0 N–H and O–H groups in total. The van der Waals surface area contributed by atoms with Gasteiger partial charge >= 0.3 is 0 Å². The van der Waals surface area contributed by atoms with Crippen molar-refractivity contribution in [1.82, 2.24) is 9.80 Å². The normalized spacial score (nSPS) is 21.7. The van der Waals surface area contributed by atoms with Crippen LogP contribution >= 0.6 is 45.3 Å². The number of hydrogen-bond acceptors (Lipinski definition) is 13. The zero-order valence-corrected chi connectivity index (χ0v) is 28.6. The topological polar surface area (TPSA) is 71.1 Å². The monoisotopic (exact) mass is 692 g/mol. The number of rotatable bonds is 0. The fraction of sp³-hybridized carbons (Fsp3) is 0.500. The molecule has 0 unspecified atom stereocenters. The van der Waals surface area contributed by atoms with Crippen LogP contribution in [0.1, 0.15) is 19.5 Å². The van der Waals surface area contributed by atoms with Crippen molar-refractivity contribution in [2.45, 2.75) is 26.2 Å². The molecule has 0 aliphatic carbocycles. The fourth-order valence-corrected chi connectivity index (χ4v) is 8.49. The molecule has 2 aliphatic heterocycles. The van der Waals surface area contributed by atoms with Crippen LogP contribution in [0.3, 0.4) is 0 Å². The molecule has 0 saturated carbocycles. The Morgan fingerprint density at radius 1 is 0.378 bits per heavy atom. The lowest BCUT2D eigenvalue weighted by molar-refractivity contribution is 0.0680. The Hall–Kier alpha value is -2.20. The van der Waals surface area contributed by atoms with Crippen molar-refractivity contribution >= 4 is 45.3 Å². The van der Waals surface area contributed by atoms with E-state index in [9.17, 15) is 0 Å². The first kappa shape index (κ1) is 32.7. The van der Waals surface area contributed by atoms with Crippen LogP contribution in [-0.2, 0) is 40.4 Å². The molecule has 0 aromatic carbocycles. The van der Waals surface area contributed by atoms with Crippen LogP contribution in [0.4, 0.5) is 0 Å². The smallest absolute Gasteiger partial charge is 0.134 e. The Kier molecular flexibility index (Phi) is 12.8. The summed E-state index contributed by atoms with van der Waals surface area (Å²) >= 11 is 6.88. The third-order valence-corrected chi connectivity index (χ3v) is 10.9. The van der Waals surface area contributed by atoms with Gasteiger partial charge in [-0.25, -0.2) is 0 Å². The molecule has 6 rings (SSSR count). The van der Waals surface area contributed by atoms with E-state index in [1.807, 2.05) is 0 Å².